The quantitative estimate of drug-likeness (QED) is 0.887. The zero-order valence-corrected chi connectivity index (χ0v) is 15.6. The Hall–Kier alpha value is -1.25. The van der Waals surface area contributed by atoms with Gasteiger partial charge in [0.25, 0.3) is 5.91 Å². The summed E-state index contributed by atoms with van der Waals surface area (Å²) in [5, 5.41) is 4.12. The molecule has 4 heterocycles. The molecule has 0 radical (unpaired) electrons. The van der Waals surface area contributed by atoms with Crippen LogP contribution < -0.4 is 5.32 Å². The van der Waals surface area contributed by atoms with Crippen molar-refractivity contribution in [3.05, 3.63) is 29.4 Å². The number of aromatic nitrogens is 1. The Morgan fingerprint density at radius 2 is 2.08 bits per heavy atom. The summed E-state index contributed by atoms with van der Waals surface area (Å²) >= 11 is 4.89. The summed E-state index contributed by atoms with van der Waals surface area (Å²) in [5.41, 5.74) is -0.338. The number of pyridine rings is 1. The van der Waals surface area contributed by atoms with Crippen molar-refractivity contribution in [1.82, 2.24) is 15.2 Å². The molecule has 2 aromatic heterocycles. The Labute approximate surface area is 152 Å². The van der Waals surface area contributed by atoms with Gasteiger partial charge in [0.2, 0.25) is 5.91 Å². The van der Waals surface area contributed by atoms with Crippen LogP contribution in [0.4, 0.5) is 0 Å². The van der Waals surface area contributed by atoms with Crippen molar-refractivity contribution in [2.45, 2.75) is 17.0 Å². The van der Waals surface area contributed by atoms with Crippen LogP contribution in [0.1, 0.15) is 16.6 Å². The lowest BCUT2D eigenvalue weighted by molar-refractivity contribution is -0.136. The number of hydrogen-bond acceptors (Lipinski definition) is 6. The molecular weight excluding hydrogens is 362 g/mol. The third-order valence-electron chi connectivity index (χ3n) is 4.18. The summed E-state index contributed by atoms with van der Waals surface area (Å²) in [6.45, 7) is 3.17. The minimum Gasteiger partial charge on any atom is -0.343 e. The fourth-order valence-electron chi connectivity index (χ4n) is 3.01. The number of thiophene rings is 1. The van der Waals surface area contributed by atoms with Crippen LogP contribution in [0, 0.1) is 0 Å². The van der Waals surface area contributed by atoms with Gasteiger partial charge in [-0.25, -0.2) is 0 Å². The second-order valence-corrected chi connectivity index (χ2v) is 10.1. The third-order valence-corrected chi connectivity index (χ3v) is 8.22. The molecule has 0 atom stereocenters. The number of fused-ring (bicyclic) bond motifs is 1. The molecule has 0 bridgehead atoms. The van der Waals surface area contributed by atoms with Gasteiger partial charge >= 0.3 is 0 Å². The summed E-state index contributed by atoms with van der Waals surface area (Å²) in [5.74, 6) is 2.21. The standard InChI is InChI=1S/C16H17N3O2S3/c1-16(8-19(9-16)14(21)15-22-4-5-23-15)18-13(20)11-6-10-2-3-17-7-12(10)24-11/h2-3,6-7,15H,4-5,8-9H2,1H3,(H,18,20). The summed E-state index contributed by atoms with van der Waals surface area (Å²) in [6, 6.07) is 3.80. The lowest BCUT2D eigenvalue weighted by Gasteiger charge is -2.48. The first-order valence-corrected chi connectivity index (χ1v) is 10.6. The SMILES string of the molecule is CC1(NC(=O)c2cc3ccncc3s2)CN(C(=O)C2SCCS2)C1. The predicted molar refractivity (Wildman–Crippen MR) is 101 cm³/mol. The van der Waals surface area contributed by atoms with Crippen molar-refractivity contribution in [2.75, 3.05) is 24.6 Å². The van der Waals surface area contributed by atoms with Crippen molar-refractivity contribution in [1.29, 1.82) is 0 Å². The van der Waals surface area contributed by atoms with E-state index in [1.165, 1.54) is 11.3 Å². The average Bonchev–Trinajstić information content (AvgIpc) is 3.20. The highest BCUT2D eigenvalue weighted by atomic mass is 32.2. The van der Waals surface area contributed by atoms with Crippen LogP contribution in [0.2, 0.25) is 0 Å². The number of thioether (sulfide) groups is 2. The van der Waals surface area contributed by atoms with E-state index in [1.54, 1.807) is 35.9 Å². The molecule has 0 unspecified atom stereocenters. The van der Waals surface area contributed by atoms with Gasteiger partial charge in [0, 0.05) is 37.0 Å². The van der Waals surface area contributed by atoms with Crippen molar-refractivity contribution in [2.24, 2.45) is 0 Å². The van der Waals surface area contributed by atoms with Gasteiger partial charge in [-0.05, 0) is 24.4 Å². The van der Waals surface area contributed by atoms with Gasteiger partial charge in [-0.2, -0.15) is 0 Å². The molecule has 2 aromatic rings. The number of hydrogen-bond donors (Lipinski definition) is 1. The molecule has 4 rings (SSSR count). The van der Waals surface area contributed by atoms with Crippen LogP contribution in [0.3, 0.4) is 0 Å². The Morgan fingerprint density at radius 1 is 1.33 bits per heavy atom. The minimum atomic E-state index is -0.338. The summed E-state index contributed by atoms with van der Waals surface area (Å²) in [4.78, 5) is 31.5. The van der Waals surface area contributed by atoms with Gasteiger partial charge in [-0.15, -0.1) is 34.9 Å². The monoisotopic (exact) mass is 379 g/mol. The molecule has 0 saturated carbocycles. The van der Waals surface area contributed by atoms with Gasteiger partial charge < -0.3 is 10.2 Å². The van der Waals surface area contributed by atoms with E-state index in [0.29, 0.717) is 18.0 Å². The number of amides is 2. The van der Waals surface area contributed by atoms with Crippen LogP contribution in [0.5, 0.6) is 0 Å². The van der Waals surface area contributed by atoms with Crippen LogP contribution in [-0.2, 0) is 4.79 Å². The number of carbonyl (C=O) groups is 2. The highest BCUT2D eigenvalue weighted by molar-refractivity contribution is 8.21. The zero-order valence-electron chi connectivity index (χ0n) is 13.2. The third kappa shape index (κ3) is 3.02. The van der Waals surface area contributed by atoms with Crippen molar-refractivity contribution < 1.29 is 9.59 Å². The molecule has 0 aromatic carbocycles. The molecule has 1 N–H and O–H groups in total. The van der Waals surface area contributed by atoms with E-state index in [1.807, 2.05) is 24.0 Å². The Morgan fingerprint density at radius 3 is 2.79 bits per heavy atom. The second-order valence-electron chi connectivity index (χ2n) is 6.31. The van der Waals surface area contributed by atoms with E-state index in [9.17, 15) is 9.59 Å². The first-order valence-electron chi connectivity index (χ1n) is 7.72. The first-order chi connectivity index (χ1) is 11.5. The molecule has 5 nitrogen and oxygen atoms in total. The number of carbonyl (C=O) groups excluding carboxylic acids is 2. The fraction of sp³-hybridized carbons (Fsp3) is 0.438. The van der Waals surface area contributed by atoms with Crippen LogP contribution >= 0.6 is 34.9 Å². The molecule has 0 spiro atoms. The van der Waals surface area contributed by atoms with Gasteiger partial charge in [0.1, 0.15) is 4.58 Å². The van der Waals surface area contributed by atoms with Crippen LogP contribution in [-0.4, -0.2) is 56.4 Å². The Bertz CT molecular complexity index is 762. The van der Waals surface area contributed by atoms with Gasteiger partial charge in [-0.3, -0.25) is 14.6 Å². The van der Waals surface area contributed by atoms with E-state index in [2.05, 4.69) is 10.3 Å². The van der Waals surface area contributed by atoms with E-state index < -0.39 is 0 Å². The number of rotatable bonds is 3. The minimum absolute atomic E-state index is 0.0420. The highest BCUT2D eigenvalue weighted by Gasteiger charge is 2.45. The maximum atomic E-state index is 12.5. The van der Waals surface area contributed by atoms with E-state index in [-0.39, 0.29) is 21.9 Å². The molecular formula is C16H17N3O2S3. The second kappa shape index (κ2) is 6.24. The summed E-state index contributed by atoms with van der Waals surface area (Å²) in [7, 11) is 0. The molecule has 2 aliphatic heterocycles. The fourth-order valence-corrected chi connectivity index (χ4v) is 6.68. The first kappa shape index (κ1) is 16.2. The molecule has 2 aliphatic rings. The summed E-state index contributed by atoms with van der Waals surface area (Å²) in [6.07, 6.45) is 3.51. The number of nitrogens with one attached hydrogen (secondary N) is 1. The van der Waals surface area contributed by atoms with E-state index in [0.717, 1.165) is 21.6 Å². The molecule has 24 heavy (non-hydrogen) atoms. The number of nitrogens with zero attached hydrogens (tertiary/aromatic N) is 2. The largest absolute Gasteiger partial charge is 0.343 e. The lowest BCUT2D eigenvalue weighted by Crippen LogP contribution is -2.70. The molecule has 126 valence electrons. The molecule has 8 heteroatoms. The smallest absolute Gasteiger partial charge is 0.261 e. The van der Waals surface area contributed by atoms with Crippen LogP contribution in [0.25, 0.3) is 10.1 Å². The molecule has 2 saturated heterocycles. The average molecular weight is 380 g/mol. The molecule has 0 aliphatic carbocycles. The normalized spacial score (nSPS) is 20.1. The van der Waals surface area contributed by atoms with Gasteiger partial charge in [-0.1, -0.05) is 0 Å². The van der Waals surface area contributed by atoms with E-state index in [4.69, 9.17) is 0 Å². The highest BCUT2D eigenvalue weighted by Crippen LogP contribution is 2.35. The Balaban J connectivity index is 1.38. The van der Waals surface area contributed by atoms with Crippen LogP contribution in [0.15, 0.2) is 24.5 Å². The van der Waals surface area contributed by atoms with Crippen molar-refractivity contribution in [3.63, 3.8) is 0 Å². The summed E-state index contributed by atoms with van der Waals surface area (Å²) < 4.78 is 1.05. The van der Waals surface area contributed by atoms with Crippen molar-refractivity contribution >= 4 is 56.8 Å². The zero-order chi connectivity index (χ0) is 16.7. The maximum Gasteiger partial charge on any atom is 0.261 e. The predicted octanol–water partition coefficient (Wildman–Crippen LogP) is 2.43. The van der Waals surface area contributed by atoms with Gasteiger partial charge in [0.05, 0.1) is 15.1 Å². The molecule has 2 amide bonds. The Kier molecular flexibility index (Phi) is 4.22. The van der Waals surface area contributed by atoms with Crippen molar-refractivity contribution in [3.8, 4) is 0 Å². The topological polar surface area (TPSA) is 62.3 Å². The number of likely N-dealkylation sites (tertiary alicyclic amines) is 1. The lowest BCUT2D eigenvalue weighted by atomic mass is 9.92. The molecule has 2 fully saturated rings. The van der Waals surface area contributed by atoms with Gasteiger partial charge in [0.15, 0.2) is 0 Å². The van der Waals surface area contributed by atoms with E-state index >= 15 is 0 Å². The maximum absolute atomic E-state index is 12.5.